The minimum Gasteiger partial charge on any atom is -0.369 e. The average Bonchev–Trinajstić information content (AvgIpc) is 2.49. The fourth-order valence-corrected chi connectivity index (χ4v) is 1.91. The lowest BCUT2D eigenvalue weighted by atomic mass is 10.2. The van der Waals surface area contributed by atoms with E-state index in [1.807, 2.05) is 26.2 Å². The van der Waals surface area contributed by atoms with Crippen LogP contribution in [0.2, 0.25) is 5.02 Å². The zero-order chi connectivity index (χ0) is 15.9. The summed E-state index contributed by atoms with van der Waals surface area (Å²) in [7, 11) is 4.04. The molecule has 5 nitrogen and oxygen atoms in total. The van der Waals surface area contributed by atoms with E-state index in [4.69, 9.17) is 11.6 Å². The Balaban J connectivity index is 1.90. The normalized spacial score (nSPS) is 10.5. The Bertz CT molecular complexity index is 611. The van der Waals surface area contributed by atoms with E-state index in [2.05, 4.69) is 20.5 Å². The molecule has 0 aliphatic heterocycles. The van der Waals surface area contributed by atoms with Crippen molar-refractivity contribution in [1.82, 2.24) is 9.88 Å². The Labute approximate surface area is 135 Å². The third-order valence-electron chi connectivity index (χ3n) is 2.99. The summed E-state index contributed by atoms with van der Waals surface area (Å²) in [6.07, 6.45) is 1.63. The molecule has 0 saturated heterocycles. The molecule has 0 radical (unpaired) electrons. The minimum absolute atomic E-state index is 0.188. The van der Waals surface area contributed by atoms with Gasteiger partial charge in [0.1, 0.15) is 5.82 Å². The molecular weight excluding hydrogens is 300 g/mol. The molecule has 0 saturated carbocycles. The van der Waals surface area contributed by atoms with Crippen LogP contribution in [-0.2, 0) is 0 Å². The van der Waals surface area contributed by atoms with Crippen molar-refractivity contribution < 1.29 is 4.79 Å². The number of amides is 1. The monoisotopic (exact) mass is 318 g/mol. The van der Waals surface area contributed by atoms with Gasteiger partial charge in [-0.3, -0.25) is 4.79 Å². The first-order valence-corrected chi connectivity index (χ1v) is 7.34. The van der Waals surface area contributed by atoms with Gasteiger partial charge in [0.25, 0.3) is 5.91 Å². The lowest BCUT2D eigenvalue weighted by Crippen LogP contribution is -2.21. The van der Waals surface area contributed by atoms with E-state index in [1.54, 1.807) is 30.5 Å². The molecule has 6 heteroatoms. The lowest BCUT2D eigenvalue weighted by Gasteiger charge is -2.11. The molecule has 1 heterocycles. The molecule has 1 aromatic carbocycles. The molecule has 2 N–H and O–H groups in total. The number of nitrogens with zero attached hydrogens (tertiary/aromatic N) is 2. The molecule has 2 aromatic rings. The van der Waals surface area contributed by atoms with Crippen LogP contribution in [-0.4, -0.2) is 43.0 Å². The predicted molar refractivity (Wildman–Crippen MR) is 90.7 cm³/mol. The number of hydrogen-bond donors (Lipinski definition) is 2. The summed E-state index contributed by atoms with van der Waals surface area (Å²) >= 11 is 5.80. The van der Waals surface area contributed by atoms with E-state index in [-0.39, 0.29) is 5.91 Å². The number of hydrogen-bond acceptors (Lipinski definition) is 4. The fourth-order valence-electron chi connectivity index (χ4n) is 1.78. The van der Waals surface area contributed by atoms with Gasteiger partial charge >= 0.3 is 0 Å². The summed E-state index contributed by atoms with van der Waals surface area (Å²) in [5.41, 5.74) is 1.20. The summed E-state index contributed by atoms with van der Waals surface area (Å²) in [6, 6.07) is 10.4. The Morgan fingerprint density at radius 3 is 2.50 bits per heavy atom. The molecule has 0 fully saturated rings. The number of carbonyl (C=O) groups is 1. The van der Waals surface area contributed by atoms with Crippen molar-refractivity contribution in [2.24, 2.45) is 0 Å². The van der Waals surface area contributed by atoms with Gasteiger partial charge in [-0.25, -0.2) is 4.98 Å². The van der Waals surface area contributed by atoms with E-state index in [0.29, 0.717) is 16.3 Å². The van der Waals surface area contributed by atoms with Gasteiger partial charge in [0, 0.05) is 23.7 Å². The third-order valence-corrected chi connectivity index (χ3v) is 3.24. The number of aromatic nitrogens is 1. The molecule has 0 atom stereocenters. The van der Waals surface area contributed by atoms with E-state index < -0.39 is 0 Å². The van der Waals surface area contributed by atoms with Crippen molar-refractivity contribution in [2.75, 3.05) is 37.8 Å². The lowest BCUT2D eigenvalue weighted by molar-refractivity contribution is 0.102. The van der Waals surface area contributed by atoms with Gasteiger partial charge < -0.3 is 15.5 Å². The van der Waals surface area contributed by atoms with Crippen molar-refractivity contribution in [3.8, 4) is 0 Å². The Morgan fingerprint density at radius 2 is 1.91 bits per heavy atom. The van der Waals surface area contributed by atoms with Gasteiger partial charge in [-0.2, -0.15) is 0 Å². The number of carbonyl (C=O) groups excluding carboxylic acids is 1. The van der Waals surface area contributed by atoms with E-state index in [9.17, 15) is 4.79 Å². The molecule has 1 aromatic heterocycles. The van der Waals surface area contributed by atoms with Crippen LogP contribution in [0.15, 0.2) is 42.6 Å². The number of likely N-dealkylation sites (N-methyl/N-ethyl adjacent to an activating group) is 1. The maximum atomic E-state index is 12.1. The number of anilines is 2. The first-order chi connectivity index (χ1) is 10.5. The average molecular weight is 319 g/mol. The van der Waals surface area contributed by atoms with Crippen molar-refractivity contribution in [2.45, 2.75) is 0 Å². The molecule has 2 rings (SSSR count). The summed E-state index contributed by atoms with van der Waals surface area (Å²) in [5, 5.41) is 6.62. The Hall–Kier alpha value is -2.11. The minimum atomic E-state index is -0.188. The van der Waals surface area contributed by atoms with Crippen molar-refractivity contribution in [3.05, 3.63) is 53.2 Å². The smallest absolute Gasteiger partial charge is 0.255 e. The van der Waals surface area contributed by atoms with Crippen LogP contribution in [0.3, 0.4) is 0 Å². The number of halogens is 1. The Morgan fingerprint density at radius 1 is 1.18 bits per heavy atom. The van der Waals surface area contributed by atoms with Gasteiger partial charge in [-0.1, -0.05) is 11.6 Å². The van der Waals surface area contributed by atoms with Crippen molar-refractivity contribution in [3.63, 3.8) is 0 Å². The highest BCUT2D eigenvalue weighted by Gasteiger charge is 2.06. The third kappa shape index (κ3) is 5.02. The Kier molecular flexibility index (Phi) is 5.75. The second-order valence-corrected chi connectivity index (χ2v) is 5.56. The molecule has 0 aliphatic carbocycles. The highest BCUT2D eigenvalue weighted by molar-refractivity contribution is 6.30. The number of rotatable bonds is 6. The molecule has 0 bridgehead atoms. The van der Waals surface area contributed by atoms with Crippen LogP contribution in [0.4, 0.5) is 11.5 Å². The summed E-state index contributed by atoms with van der Waals surface area (Å²) in [6.45, 7) is 1.74. The maximum Gasteiger partial charge on any atom is 0.255 e. The van der Waals surface area contributed by atoms with Crippen LogP contribution in [0.5, 0.6) is 0 Å². The first-order valence-electron chi connectivity index (χ1n) is 6.96. The first kappa shape index (κ1) is 16.3. The number of pyridine rings is 1. The molecule has 0 spiro atoms. The van der Waals surface area contributed by atoms with Crippen LogP contribution in [0, 0.1) is 0 Å². The van der Waals surface area contributed by atoms with E-state index in [0.717, 1.165) is 18.9 Å². The van der Waals surface area contributed by atoms with Gasteiger partial charge in [0.05, 0.1) is 11.9 Å². The molecular formula is C16H19ClN4O. The highest BCUT2D eigenvalue weighted by Crippen LogP contribution is 2.13. The molecule has 0 unspecified atom stereocenters. The number of benzene rings is 1. The van der Waals surface area contributed by atoms with Crippen LogP contribution >= 0.6 is 11.6 Å². The zero-order valence-electron chi connectivity index (χ0n) is 12.6. The van der Waals surface area contributed by atoms with Gasteiger partial charge in [-0.05, 0) is 50.5 Å². The van der Waals surface area contributed by atoms with Crippen LogP contribution in [0.25, 0.3) is 0 Å². The summed E-state index contributed by atoms with van der Waals surface area (Å²) in [4.78, 5) is 18.4. The van der Waals surface area contributed by atoms with Crippen molar-refractivity contribution in [1.29, 1.82) is 0 Å². The van der Waals surface area contributed by atoms with Crippen molar-refractivity contribution >= 4 is 29.0 Å². The fraction of sp³-hybridized carbons (Fsp3) is 0.250. The second-order valence-electron chi connectivity index (χ2n) is 5.12. The van der Waals surface area contributed by atoms with Gasteiger partial charge in [0.2, 0.25) is 0 Å². The van der Waals surface area contributed by atoms with Crippen LogP contribution < -0.4 is 10.6 Å². The molecule has 116 valence electrons. The zero-order valence-corrected chi connectivity index (χ0v) is 13.4. The van der Waals surface area contributed by atoms with E-state index >= 15 is 0 Å². The quantitative estimate of drug-likeness (QED) is 0.859. The SMILES string of the molecule is CN(C)CCNc1ccc(NC(=O)c2ccc(Cl)cc2)cn1. The maximum absolute atomic E-state index is 12.1. The highest BCUT2D eigenvalue weighted by atomic mass is 35.5. The predicted octanol–water partition coefficient (Wildman–Crippen LogP) is 2.96. The summed E-state index contributed by atoms with van der Waals surface area (Å²) in [5.74, 6) is 0.595. The second kappa shape index (κ2) is 7.77. The molecule has 22 heavy (non-hydrogen) atoms. The topological polar surface area (TPSA) is 57.3 Å². The van der Waals surface area contributed by atoms with E-state index in [1.165, 1.54) is 0 Å². The van der Waals surface area contributed by atoms with Crippen LogP contribution in [0.1, 0.15) is 10.4 Å². The standard InChI is InChI=1S/C16H19ClN4O/c1-21(2)10-9-18-15-8-7-14(11-19-15)20-16(22)12-3-5-13(17)6-4-12/h3-8,11H,9-10H2,1-2H3,(H,18,19)(H,20,22). The largest absolute Gasteiger partial charge is 0.369 e. The molecule has 1 amide bonds. The number of nitrogens with one attached hydrogen (secondary N) is 2. The van der Waals surface area contributed by atoms with Gasteiger partial charge in [-0.15, -0.1) is 0 Å². The van der Waals surface area contributed by atoms with Gasteiger partial charge in [0.15, 0.2) is 0 Å². The molecule has 0 aliphatic rings. The summed E-state index contributed by atoms with van der Waals surface area (Å²) < 4.78 is 0.